The first-order valence-electron chi connectivity index (χ1n) is 9.11. The predicted molar refractivity (Wildman–Crippen MR) is 105 cm³/mol. The molecule has 0 aromatic heterocycles. The molecule has 6 heteroatoms. The third-order valence-corrected chi connectivity index (χ3v) is 3.82. The van der Waals surface area contributed by atoms with Crippen molar-refractivity contribution in [3.8, 4) is 11.8 Å². The van der Waals surface area contributed by atoms with Crippen LogP contribution in [-0.2, 0) is 11.2 Å². The molecule has 5 nitrogen and oxygen atoms in total. The molecular weight excluding hydrogens is 359 g/mol. The van der Waals surface area contributed by atoms with Crippen LogP contribution in [0.15, 0.2) is 48.5 Å². The number of carbonyl (C=O) groups is 1. The Labute approximate surface area is 165 Å². The lowest BCUT2D eigenvalue weighted by molar-refractivity contribution is 0.0520. The number of ether oxygens (including phenoxy) is 2. The fraction of sp³-hybridized carbons (Fsp3) is 0.364. The molecule has 0 aliphatic heterocycles. The zero-order valence-electron chi connectivity index (χ0n) is 16.4. The number of halogens is 1. The van der Waals surface area contributed by atoms with Gasteiger partial charge in [0.05, 0.1) is 18.5 Å². The highest BCUT2D eigenvalue weighted by Crippen LogP contribution is 2.27. The van der Waals surface area contributed by atoms with E-state index in [1.165, 1.54) is 12.1 Å². The summed E-state index contributed by atoms with van der Waals surface area (Å²) in [4.78, 5) is 11.6. The van der Waals surface area contributed by atoms with Crippen LogP contribution >= 0.6 is 0 Å². The van der Waals surface area contributed by atoms with E-state index in [1.54, 1.807) is 26.8 Å². The van der Waals surface area contributed by atoms with Crippen LogP contribution in [0.25, 0.3) is 0 Å². The van der Waals surface area contributed by atoms with E-state index in [0.717, 1.165) is 5.56 Å². The Morgan fingerprint density at radius 2 is 1.93 bits per heavy atom. The Balaban J connectivity index is 1.95. The molecule has 1 unspecified atom stereocenters. The van der Waals surface area contributed by atoms with E-state index in [9.17, 15) is 14.4 Å². The van der Waals surface area contributed by atoms with Gasteiger partial charge in [-0.3, -0.25) is 0 Å². The Bertz CT molecular complexity index is 826. The second-order valence-corrected chi connectivity index (χ2v) is 7.33. The number of nitrogens with zero attached hydrogens (tertiary/aromatic N) is 1. The van der Waals surface area contributed by atoms with Gasteiger partial charge in [0.25, 0.3) is 0 Å². The van der Waals surface area contributed by atoms with E-state index in [-0.39, 0.29) is 13.2 Å². The van der Waals surface area contributed by atoms with Gasteiger partial charge in [-0.1, -0.05) is 30.3 Å². The normalized spacial score (nSPS) is 12.0. The third-order valence-electron chi connectivity index (χ3n) is 3.82. The lowest BCUT2D eigenvalue weighted by Crippen LogP contribution is -2.34. The molecular formula is C22H25FN2O3. The molecule has 1 atom stereocenters. The van der Waals surface area contributed by atoms with Crippen LogP contribution in [0.2, 0.25) is 0 Å². The first-order valence-corrected chi connectivity index (χ1v) is 9.11. The van der Waals surface area contributed by atoms with Crippen molar-refractivity contribution in [2.75, 3.05) is 13.2 Å². The standard InChI is InChI=1S/C22H25FN2O3/c1-22(2,3)28-21(26)25-11-12-27-18-9-10-20(23)19(14-18)17(15-24)13-16-7-5-4-6-8-16/h4-10,14,17H,11-13H2,1-3H3,(H,25,26). The van der Waals surface area contributed by atoms with Crippen molar-refractivity contribution in [3.05, 3.63) is 65.5 Å². The molecule has 2 rings (SSSR count). The van der Waals surface area contributed by atoms with E-state index in [2.05, 4.69) is 11.4 Å². The minimum Gasteiger partial charge on any atom is -0.492 e. The van der Waals surface area contributed by atoms with Crippen molar-refractivity contribution >= 4 is 6.09 Å². The SMILES string of the molecule is CC(C)(C)OC(=O)NCCOc1ccc(F)c(C(C#N)Cc2ccccc2)c1. The van der Waals surface area contributed by atoms with Crippen LogP contribution in [0.3, 0.4) is 0 Å². The topological polar surface area (TPSA) is 71.3 Å². The largest absolute Gasteiger partial charge is 0.492 e. The summed E-state index contributed by atoms with van der Waals surface area (Å²) in [6.45, 7) is 5.78. The quantitative estimate of drug-likeness (QED) is 0.710. The zero-order chi connectivity index (χ0) is 20.6. The average Bonchev–Trinajstić information content (AvgIpc) is 2.64. The van der Waals surface area contributed by atoms with Gasteiger partial charge in [0.15, 0.2) is 0 Å². The molecule has 2 aromatic rings. The molecule has 28 heavy (non-hydrogen) atoms. The summed E-state index contributed by atoms with van der Waals surface area (Å²) in [5.41, 5.74) is 0.687. The van der Waals surface area contributed by atoms with Gasteiger partial charge in [-0.15, -0.1) is 0 Å². The average molecular weight is 384 g/mol. The molecule has 0 radical (unpaired) electrons. The maximum Gasteiger partial charge on any atom is 0.407 e. The molecule has 0 heterocycles. The summed E-state index contributed by atoms with van der Waals surface area (Å²) < 4.78 is 25.0. The van der Waals surface area contributed by atoms with Gasteiger partial charge in [0.1, 0.15) is 23.8 Å². The zero-order valence-corrected chi connectivity index (χ0v) is 16.4. The minimum atomic E-state index is -0.620. The van der Waals surface area contributed by atoms with E-state index in [1.807, 2.05) is 30.3 Å². The number of rotatable bonds is 7. The fourth-order valence-electron chi connectivity index (χ4n) is 2.59. The first kappa shape index (κ1) is 21.2. The lowest BCUT2D eigenvalue weighted by atomic mass is 9.92. The minimum absolute atomic E-state index is 0.195. The monoisotopic (exact) mass is 384 g/mol. The second-order valence-electron chi connectivity index (χ2n) is 7.33. The van der Waals surface area contributed by atoms with Crippen molar-refractivity contribution in [3.63, 3.8) is 0 Å². The summed E-state index contributed by atoms with van der Waals surface area (Å²) in [6, 6.07) is 16.0. The van der Waals surface area contributed by atoms with Crippen LogP contribution in [0.4, 0.5) is 9.18 Å². The van der Waals surface area contributed by atoms with Gasteiger partial charge in [-0.05, 0) is 51.0 Å². The van der Waals surface area contributed by atoms with E-state index < -0.39 is 23.4 Å². The highest BCUT2D eigenvalue weighted by atomic mass is 19.1. The highest BCUT2D eigenvalue weighted by Gasteiger charge is 2.18. The van der Waals surface area contributed by atoms with Crippen LogP contribution in [0.5, 0.6) is 5.75 Å². The van der Waals surface area contributed by atoms with Crippen LogP contribution in [0.1, 0.15) is 37.8 Å². The molecule has 0 saturated heterocycles. The number of nitriles is 1. The Hall–Kier alpha value is -3.07. The molecule has 1 N–H and O–H groups in total. The van der Waals surface area contributed by atoms with Crippen molar-refractivity contribution in [1.29, 1.82) is 5.26 Å². The maximum atomic E-state index is 14.3. The van der Waals surface area contributed by atoms with Crippen molar-refractivity contribution in [1.82, 2.24) is 5.32 Å². The van der Waals surface area contributed by atoms with Gasteiger partial charge < -0.3 is 14.8 Å². The number of carbonyl (C=O) groups excluding carboxylic acids is 1. The smallest absolute Gasteiger partial charge is 0.407 e. The molecule has 0 spiro atoms. The number of hydrogen-bond acceptors (Lipinski definition) is 4. The van der Waals surface area contributed by atoms with Crippen LogP contribution < -0.4 is 10.1 Å². The molecule has 0 fully saturated rings. The molecule has 1 amide bonds. The van der Waals surface area contributed by atoms with Gasteiger partial charge in [0.2, 0.25) is 0 Å². The van der Waals surface area contributed by atoms with Gasteiger partial charge >= 0.3 is 6.09 Å². The number of alkyl carbamates (subject to hydrolysis) is 1. The summed E-state index contributed by atoms with van der Waals surface area (Å²) in [5, 5.41) is 12.1. The Morgan fingerprint density at radius 3 is 2.57 bits per heavy atom. The number of benzene rings is 2. The van der Waals surface area contributed by atoms with E-state index >= 15 is 0 Å². The third kappa shape index (κ3) is 6.92. The van der Waals surface area contributed by atoms with Crippen molar-refractivity contribution < 1.29 is 18.7 Å². The fourth-order valence-corrected chi connectivity index (χ4v) is 2.59. The van der Waals surface area contributed by atoms with E-state index in [4.69, 9.17) is 9.47 Å². The van der Waals surface area contributed by atoms with Crippen molar-refractivity contribution in [2.45, 2.75) is 38.7 Å². The second kappa shape index (κ2) is 9.75. The molecule has 0 saturated carbocycles. The van der Waals surface area contributed by atoms with E-state index in [0.29, 0.717) is 17.7 Å². The predicted octanol–water partition coefficient (Wildman–Crippen LogP) is 4.58. The molecule has 0 bridgehead atoms. The summed E-state index contributed by atoms with van der Waals surface area (Å²) in [5.74, 6) is -0.622. The van der Waals surface area contributed by atoms with Gasteiger partial charge in [-0.2, -0.15) is 5.26 Å². The Morgan fingerprint density at radius 1 is 1.21 bits per heavy atom. The summed E-state index contributed by atoms with van der Waals surface area (Å²) in [7, 11) is 0. The molecule has 148 valence electrons. The van der Waals surface area contributed by atoms with Gasteiger partial charge in [0, 0.05) is 5.56 Å². The highest BCUT2D eigenvalue weighted by molar-refractivity contribution is 5.67. The molecule has 0 aliphatic rings. The summed E-state index contributed by atoms with van der Waals surface area (Å²) >= 11 is 0. The van der Waals surface area contributed by atoms with Crippen molar-refractivity contribution in [2.24, 2.45) is 0 Å². The number of amides is 1. The Kier molecular flexibility index (Phi) is 7.39. The van der Waals surface area contributed by atoms with Gasteiger partial charge in [-0.25, -0.2) is 9.18 Å². The lowest BCUT2D eigenvalue weighted by Gasteiger charge is -2.19. The first-order chi connectivity index (χ1) is 13.3. The van der Waals surface area contributed by atoms with Crippen LogP contribution in [0, 0.1) is 17.1 Å². The number of nitrogens with one attached hydrogen (secondary N) is 1. The molecule has 0 aliphatic carbocycles. The summed E-state index contributed by atoms with van der Waals surface area (Å²) in [6.07, 6.45) is -0.110. The molecule has 2 aromatic carbocycles. The number of hydrogen-bond donors (Lipinski definition) is 1. The van der Waals surface area contributed by atoms with Crippen LogP contribution in [-0.4, -0.2) is 24.8 Å². The maximum absolute atomic E-state index is 14.3.